The van der Waals surface area contributed by atoms with Gasteiger partial charge in [0.15, 0.2) is 5.11 Å². The van der Waals surface area contributed by atoms with Crippen molar-refractivity contribution >= 4 is 39.6 Å². The average molecular weight is 419 g/mol. The smallest absolute Gasteiger partial charge is 0.341 e. The molecule has 6 heteroatoms. The number of ether oxygens (including phenoxy) is 1. The number of hydrogen-bond acceptors (Lipinski definition) is 4. The van der Waals surface area contributed by atoms with Gasteiger partial charge in [-0.2, -0.15) is 0 Å². The number of hydrogen-bond donors (Lipinski definition) is 2. The zero-order chi connectivity index (χ0) is 20.4. The van der Waals surface area contributed by atoms with E-state index in [-0.39, 0.29) is 5.97 Å². The van der Waals surface area contributed by atoms with E-state index in [1.54, 1.807) is 11.3 Å². The predicted octanol–water partition coefficient (Wildman–Crippen LogP) is 5.77. The summed E-state index contributed by atoms with van der Waals surface area (Å²) in [5.41, 5.74) is 1.75. The van der Waals surface area contributed by atoms with Gasteiger partial charge in [0.1, 0.15) is 5.00 Å². The molecule has 1 aromatic carbocycles. The molecule has 2 rings (SSSR count). The topological polar surface area (TPSA) is 50.4 Å². The number of unbranched alkanes of at least 4 members (excludes halogenated alkanes) is 2. The zero-order valence-electron chi connectivity index (χ0n) is 16.9. The molecular weight excluding hydrogens is 388 g/mol. The van der Waals surface area contributed by atoms with Crippen LogP contribution in [0.25, 0.3) is 0 Å². The fourth-order valence-electron chi connectivity index (χ4n) is 2.92. The van der Waals surface area contributed by atoms with Crippen molar-refractivity contribution in [2.45, 2.75) is 58.9 Å². The Morgan fingerprint density at radius 1 is 1.21 bits per heavy atom. The summed E-state index contributed by atoms with van der Waals surface area (Å²) in [5.74, 6) is -0.320. The normalized spacial score (nSPS) is 11.7. The molecular formula is C22H30N2O2S2. The summed E-state index contributed by atoms with van der Waals surface area (Å²) in [6.45, 7) is 6.49. The Kier molecular flexibility index (Phi) is 9.44. The van der Waals surface area contributed by atoms with E-state index in [2.05, 4.69) is 36.6 Å². The highest BCUT2D eigenvalue weighted by molar-refractivity contribution is 7.80. The minimum atomic E-state index is -0.320. The first-order valence-electron chi connectivity index (χ1n) is 9.94. The van der Waals surface area contributed by atoms with Crippen LogP contribution in [0, 0.1) is 0 Å². The number of carbonyl (C=O) groups is 1. The van der Waals surface area contributed by atoms with E-state index < -0.39 is 0 Å². The third-order valence-electron chi connectivity index (χ3n) is 4.34. The second-order valence-corrected chi connectivity index (χ2v) is 8.38. The van der Waals surface area contributed by atoms with Crippen molar-refractivity contribution in [2.75, 3.05) is 11.9 Å². The van der Waals surface area contributed by atoms with Gasteiger partial charge < -0.3 is 15.4 Å². The Bertz CT molecular complexity index is 759. The predicted molar refractivity (Wildman–Crippen MR) is 122 cm³/mol. The maximum absolute atomic E-state index is 12.4. The van der Waals surface area contributed by atoms with Crippen molar-refractivity contribution in [1.29, 1.82) is 0 Å². The van der Waals surface area contributed by atoms with Crippen molar-refractivity contribution in [3.63, 3.8) is 0 Å². The first-order chi connectivity index (χ1) is 13.5. The molecule has 2 aromatic rings. The van der Waals surface area contributed by atoms with Crippen molar-refractivity contribution in [3.8, 4) is 0 Å². The lowest BCUT2D eigenvalue weighted by atomic mass is 10.1. The van der Waals surface area contributed by atoms with Crippen LogP contribution in [0.3, 0.4) is 0 Å². The van der Waals surface area contributed by atoms with E-state index >= 15 is 0 Å². The van der Waals surface area contributed by atoms with E-state index in [4.69, 9.17) is 17.0 Å². The monoisotopic (exact) mass is 418 g/mol. The van der Waals surface area contributed by atoms with Crippen LogP contribution in [0.4, 0.5) is 5.00 Å². The highest BCUT2D eigenvalue weighted by Crippen LogP contribution is 2.30. The Morgan fingerprint density at radius 3 is 2.64 bits per heavy atom. The molecule has 2 N–H and O–H groups in total. The third-order valence-corrected chi connectivity index (χ3v) is 5.62. The first kappa shape index (κ1) is 22.4. The zero-order valence-corrected chi connectivity index (χ0v) is 18.6. The van der Waals surface area contributed by atoms with Gasteiger partial charge in [-0.1, -0.05) is 56.5 Å². The number of anilines is 1. The molecule has 152 valence electrons. The van der Waals surface area contributed by atoms with Crippen LogP contribution in [-0.2, 0) is 11.2 Å². The van der Waals surface area contributed by atoms with Gasteiger partial charge in [0.2, 0.25) is 0 Å². The van der Waals surface area contributed by atoms with Crippen molar-refractivity contribution in [2.24, 2.45) is 0 Å². The number of nitrogens with one attached hydrogen (secondary N) is 2. The molecule has 1 aromatic heterocycles. The van der Waals surface area contributed by atoms with E-state index in [9.17, 15) is 4.79 Å². The van der Waals surface area contributed by atoms with Crippen LogP contribution in [0.5, 0.6) is 0 Å². The largest absolute Gasteiger partial charge is 0.462 e. The number of benzene rings is 1. The van der Waals surface area contributed by atoms with E-state index in [1.807, 2.05) is 31.2 Å². The summed E-state index contributed by atoms with van der Waals surface area (Å²) in [6, 6.07) is 12.4. The van der Waals surface area contributed by atoms with E-state index in [1.165, 1.54) is 24.8 Å². The van der Waals surface area contributed by atoms with E-state index in [0.717, 1.165) is 22.7 Å². The minimum Gasteiger partial charge on any atom is -0.462 e. The molecule has 0 fully saturated rings. The summed E-state index contributed by atoms with van der Waals surface area (Å²) in [7, 11) is 0. The van der Waals surface area contributed by atoms with E-state index in [0.29, 0.717) is 23.3 Å². The average Bonchev–Trinajstić information content (AvgIpc) is 3.05. The molecule has 0 saturated carbocycles. The Morgan fingerprint density at radius 2 is 1.96 bits per heavy atom. The lowest BCUT2D eigenvalue weighted by Crippen LogP contribution is -2.35. The van der Waals surface area contributed by atoms with Crippen molar-refractivity contribution in [1.82, 2.24) is 5.32 Å². The Labute approximate surface area is 177 Å². The molecule has 28 heavy (non-hydrogen) atoms. The molecule has 1 atom stereocenters. The maximum Gasteiger partial charge on any atom is 0.341 e. The van der Waals surface area contributed by atoms with Crippen LogP contribution in [0.2, 0.25) is 0 Å². The van der Waals surface area contributed by atoms with Crippen LogP contribution in [0.15, 0.2) is 36.4 Å². The van der Waals surface area contributed by atoms with Crippen LogP contribution in [0.1, 0.15) is 67.3 Å². The number of carbonyl (C=O) groups excluding carboxylic acids is 1. The van der Waals surface area contributed by atoms with Gasteiger partial charge in [0, 0.05) is 17.3 Å². The molecule has 0 bridgehead atoms. The fourth-order valence-corrected chi connectivity index (χ4v) is 4.37. The maximum atomic E-state index is 12.4. The Hall–Kier alpha value is -1.92. The SMILES string of the molecule is CCCCCC(C)NC(=S)Nc1sc(Cc2ccccc2)cc1C(=O)OCC. The summed E-state index contributed by atoms with van der Waals surface area (Å²) in [6.07, 6.45) is 5.46. The number of rotatable bonds is 10. The molecule has 1 unspecified atom stereocenters. The van der Waals surface area contributed by atoms with Gasteiger partial charge in [-0.05, 0) is 44.1 Å². The summed E-state index contributed by atoms with van der Waals surface area (Å²) < 4.78 is 5.22. The molecule has 0 spiro atoms. The van der Waals surface area contributed by atoms with Gasteiger partial charge in [-0.15, -0.1) is 11.3 Å². The van der Waals surface area contributed by atoms with Gasteiger partial charge in [0.05, 0.1) is 12.2 Å². The number of esters is 1. The molecule has 0 aliphatic carbocycles. The van der Waals surface area contributed by atoms with Gasteiger partial charge in [0.25, 0.3) is 0 Å². The number of thiocarbonyl (C=S) groups is 1. The highest BCUT2D eigenvalue weighted by atomic mass is 32.1. The van der Waals surface area contributed by atoms with Crippen molar-refractivity contribution in [3.05, 3.63) is 52.4 Å². The summed E-state index contributed by atoms with van der Waals surface area (Å²) in [5, 5.41) is 7.82. The standard InChI is InChI=1S/C22H30N2O2S2/c1-4-6-8-11-16(3)23-22(27)24-20-19(21(25)26-5-2)15-18(28-20)14-17-12-9-7-10-13-17/h7,9-10,12-13,15-16H,4-6,8,11,14H2,1-3H3,(H2,23,24,27). The summed E-state index contributed by atoms with van der Waals surface area (Å²) >= 11 is 7.02. The quantitative estimate of drug-likeness (QED) is 0.291. The third kappa shape index (κ3) is 7.24. The van der Waals surface area contributed by atoms with Crippen molar-refractivity contribution < 1.29 is 9.53 Å². The molecule has 0 amide bonds. The van der Waals surface area contributed by atoms with Gasteiger partial charge >= 0.3 is 5.97 Å². The molecule has 0 radical (unpaired) electrons. The lowest BCUT2D eigenvalue weighted by Gasteiger charge is -2.16. The summed E-state index contributed by atoms with van der Waals surface area (Å²) in [4.78, 5) is 13.5. The fraction of sp³-hybridized carbons (Fsp3) is 0.455. The minimum absolute atomic E-state index is 0.293. The van der Waals surface area contributed by atoms with Crippen LogP contribution < -0.4 is 10.6 Å². The molecule has 4 nitrogen and oxygen atoms in total. The first-order valence-corrected chi connectivity index (χ1v) is 11.2. The molecule has 0 saturated heterocycles. The Balaban J connectivity index is 2.07. The second-order valence-electron chi connectivity index (χ2n) is 6.83. The molecule has 0 aliphatic heterocycles. The van der Waals surface area contributed by atoms with Crippen LogP contribution in [-0.4, -0.2) is 23.7 Å². The van der Waals surface area contributed by atoms with Gasteiger partial charge in [-0.25, -0.2) is 4.79 Å². The van der Waals surface area contributed by atoms with Crippen LogP contribution >= 0.6 is 23.6 Å². The lowest BCUT2D eigenvalue weighted by molar-refractivity contribution is 0.0528. The van der Waals surface area contributed by atoms with Gasteiger partial charge in [-0.3, -0.25) is 0 Å². The number of thiophene rings is 1. The molecule has 0 aliphatic rings. The molecule has 1 heterocycles. The second kappa shape index (κ2) is 11.8. The highest BCUT2D eigenvalue weighted by Gasteiger charge is 2.19.